The van der Waals surface area contributed by atoms with Crippen LogP contribution < -0.4 is 0 Å². The van der Waals surface area contributed by atoms with E-state index in [1.165, 1.54) is 12.1 Å². The van der Waals surface area contributed by atoms with Gasteiger partial charge in [0.2, 0.25) is 0 Å². The van der Waals surface area contributed by atoms with Gasteiger partial charge in [0, 0.05) is 6.61 Å². The van der Waals surface area contributed by atoms with E-state index in [-0.39, 0.29) is 0 Å². The summed E-state index contributed by atoms with van der Waals surface area (Å²) in [6.45, 7) is 5.24. The maximum absolute atomic E-state index is 12.3. The number of ether oxygens (including phenoxy) is 1. The smallest absolute Gasteiger partial charge is 0.376 e. The summed E-state index contributed by atoms with van der Waals surface area (Å²) >= 11 is 0. The van der Waals surface area contributed by atoms with Gasteiger partial charge in [0.25, 0.3) is 0 Å². The van der Waals surface area contributed by atoms with Crippen molar-refractivity contribution in [2.24, 2.45) is 5.92 Å². The summed E-state index contributed by atoms with van der Waals surface area (Å²) in [5, 5.41) is 0. The average molecular weight is 260 g/mol. The number of hydrogen-bond acceptors (Lipinski definition) is 1. The molecule has 0 fully saturated rings. The van der Waals surface area contributed by atoms with Crippen molar-refractivity contribution in [3.05, 3.63) is 35.4 Å². The standard InChI is InChI=1S/C14H19F3O/c1-3-11(4-2)9-18-10-12-5-7-13(8-6-12)14(15,16)17/h5-8,11H,3-4,9-10H2,1-2H3. The quantitative estimate of drug-likeness (QED) is 0.723. The average Bonchev–Trinajstić information content (AvgIpc) is 2.34. The normalized spacial score (nSPS) is 12.1. The van der Waals surface area contributed by atoms with Crippen LogP contribution in [0.3, 0.4) is 0 Å². The van der Waals surface area contributed by atoms with Crippen molar-refractivity contribution in [3.63, 3.8) is 0 Å². The highest BCUT2D eigenvalue weighted by Gasteiger charge is 2.29. The first-order valence-electron chi connectivity index (χ1n) is 6.21. The van der Waals surface area contributed by atoms with Crippen molar-refractivity contribution in [2.75, 3.05) is 6.61 Å². The van der Waals surface area contributed by atoms with Crippen LogP contribution in [0.1, 0.15) is 37.8 Å². The third kappa shape index (κ3) is 4.69. The van der Waals surface area contributed by atoms with Gasteiger partial charge in [-0.1, -0.05) is 38.8 Å². The second kappa shape index (κ2) is 6.78. The molecule has 0 aliphatic rings. The van der Waals surface area contributed by atoms with Crippen LogP contribution in [0.2, 0.25) is 0 Å². The topological polar surface area (TPSA) is 9.23 Å². The van der Waals surface area contributed by atoms with Gasteiger partial charge < -0.3 is 4.74 Å². The van der Waals surface area contributed by atoms with Crippen molar-refractivity contribution in [1.29, 1.82) is 0 Å². The lowest BCUT2D eigenvalue weighted by Crippen LogP contribution is -2.08. The molecule has 0 amide bonds. The molecule has 1 nitrogen and oxygen atoms in total. The Morgan fingerprint density at radius 3 is 2.06 bits per heavy atom. The van der Waals surface area contributed by atoms with E-state index < -0.39 is 11.7 Å². The lowest BCUT2D eigenvalue weighted by Gasteiger charge is -2.13. The van der Waals surface area contributed by atoms with Gasteiger partial charge in [-0.2, -0.15) is 13.2 Å². The monoisotopic (exact) mass is 260 g/mol. The molecular formula is C14H19F3O. The van der Waals surface area contributed by atoms with E-state index in [1.54, 1.807) is 0 Å². The predicted molar refractivity (Wildman–Crippen MR) is 65.2 cm³/mol. The second-order valence-electron chi connectivity index (χ2n) is 4.39. The molecule has 0 unspecified atom stereocenters. The van der Waals surface area contributed by atoms with Crippen LogP contribution in [0.4, 0.5) is 13.2 Å². The van der Waals surface area contributed by atoms with Gasteiger partial charge >= 0.3 is 6.18 Å². The van der Waals surface area contributed by atoms with Gasteiger partial charge in [0.1, 0.15) is 0 Å². The Morgan fingerprint density at radius 1 is 1.06 bits per heavy atom. The number of alkyl halides is 3. The summed E-state index contributed by atoms with van der Waals surface area (Å²) in [5.41, 5.74) is 0.153. The summed E-state index contributed by atoms with van der Waals surface area (Å²) in [5.74, 6) is 0.527. The molecule has 0 spiro atoms. The van der Waals surface area contributed by atoms with Gasteiger partial charge in [-0.3, -0.25) is 0 Å². The van der Waals surface area contributed by atoms with Crippen molar-refractivity contribution in [2.45, 2.75) is 39.5 Å². The largest absolute Gasteiger partial charge is 0.416 e. The molecule has 0 aliphatic carbocycles. The molecule has 1 aromatic carbocycles. The summed E-state index contributed by atoms with van der Waals surface area (Å²) in [6, 6.07) is 5.12. The van der Waals surface area contributed by atoms with E-state index in [0.717, 1.165) is 30.5 Å². The van der Waals surface area contributed by atoms with Crippen LogP contribution in [0.25, 0.3) is 0 Å². The Bertz CT molecular complexity index is 339. The molecule has 0 N–H and O–H groups in total. The molecule has 4 heteroatoms. The van der Waals surface area contributed by atoms with E-state index >= 15 is 0 Å². The first-order chi connectivity index (χ1) is 8.47. The first kappa shape index (κ1) is 15.0. The number of rotatable bonds is 6. The van der Waals surface area contributed by atoms with Crippen LogP contribution in [-0.2, 0) is 17.5 Å². The summed E-state index contributed by atoms with van der Waals surface area (Å²) in [7, 11) is 0. The highest BCUT2D eigenvalue weighted by Crippen LogP contribution is 2.29. The molecular weight excluding hydrogens is 241 g/mol. The minimum absolute atomic E-state index is 0.370. The Labute approximate surface area is 106 Å². The van der Waals surface area contributed by atoms with Crippen LogP contribution in [0.15, 0.2) is 24.3 Å². The van der Waals surface area contributed by atoms with Gasteiger partial charge in [-0.05, 0) is 23.6 Å². The van der Waals surface area contributed by atoms with Crippen LogP contribution in [0, 0.1) is 5.92 Å². The van der Waals surface area contributed by atoms with Crippen molar-refractivity contribution in [3.8, 4) is 0 Å². The predicted octanol–water partition coefficient (Wildman–Crippen LogP) is 4.66. The summed E-state index contributed by atoms with van der Waals surface area (Å²) in [4.78, 5) is 0. The zero-order valence-corrected chi connectivity index (χ0v) is 10.8. The van der Waals surface area contributed by atoms with Gasteiger partial charge in [-0.25, -0.2) is 0 Å². The second-order valence-corrected chi connectivity index (χ2v) is 4.39. The zero-order valence-electron chi connectivity index (χ0n) is 10.8. The molecule has 0 aliphatic heterocycles. The fourth-order valence-electron chi connectivity index (χ4n) is 1.66. The summed E-state index contributed by atoms with van der Waals surface area (Å²) < 4.78 is 42.5. The molecule has 18 heavy (non-hydrogen) atoms. The Morgan fingerprint density at radius 2 is 1.61 bits per heavy atom. The summed E-state index contributed by atoms with van der Waals surface area (Å²) in [6.07, 6.45) is -2.15. The molecule has 1 rings (SSSR count). The fraction of sp³-hybridized carbons (Fsp3) is 0.571. The van der Waals surface area contributed by atoms with E-state index in [9.17, 15) is 13.2 Å². The Hall–Kier alpha value is -1.03. The maximum atomic E-state index is 12.3. The van der Waals surface area contributed by atoms with Crippen LogP contribution in [-0.4, -0.2) is 6.61 Å². The van der Waals surface area contributed by atoms with E-state index in [2.05, 4.69) is 13.8 Å². The van der Waals surface area contributed by atoms with E-state index in [4.69, 9.17) is 4.74 Å². The molecule has 0 aromatic heterocycles. The highest BCUT2D eigenvalue weighted by molar-refractivity contribution is 5.24. The molecule has 0 radical (unpaired) electrons. The third-order valence-electron chi connectivity index (χ3n) is 3.06. The van der Waals surface area contributed by atoms with Gasteiger partial charge in [0.15, 0.2) is 0 Å². The van der Waals surface area contributed by atoms with E-state index in [1.807, 2.05) is 0 Å². The van der Waals surface area contributed by atoms with Crippen molar-refractivity contribution in [1.82, 2.24) is 0 Å². The molecule has 0 saturated carbocycles. The molecule has 1 aromatic rings. The molecule has 102 valence electrons. The zero-order chi connectivity index (χ0) is 13.6. The molecule has 0 bridgehead atoms. The number of halogens is 3. The SMILES string of the molecule is CCC(CC)COCc1ccc(C(F)(F)F)cc1. The minimum atomic E-state index is -4.27. The molecule has 0 heterocycles. The fourth-order valence-corrected chi connectivity index (χ4v) is 1.66. The Balaban J connectivity index is 2.45. The number of benzene rings is 1. The van der Waals surface area contributed by atoms with Crippen molar-refractivity contribution >= 4 is 0 Å². The Kier molecular flexibility index (Phi) is 5.66. The number of hydrogen-bond donors (Lipinski definition) is 0. The molecule has 0 atom stereocenters. The van der Waals surface area contributed by atoms with Gasteiger partial charge in [-0.15, -0.1) is 0 Å². The minimum Gasteiger partial charge on any atom is -0.376 e. The maximum Gasteiger partial charge on any atom is 0.416 e. The first-order valence-corrected chi connectivity index (χ1v) is 6.21. The highest BCUT2D eigenvalue weighted by atomic mass is 19.4. The van der Waals surface area contributed by atoms with Gasteiger partial charge in [0.05, 0.1) is 12.2 Å². The lowest BCUT2D eigenvalue weighted by molar-refractivity contribution is -0.137. The van der Waals surface area contributed by atoms with Crippen LogP contribution >= 0.6 is 0 Å². The lowest BCUT2D eigenvalue weighted by atomic mass is 10.1. The van der Waals surface area contributed by atoms with Crippen LogP contribution in [0.5, 0.6) is 0 Å². The molecule has 0 saturated heterocycles. The van der Waals surface area contributed by atoms with Crippen molar-refractivity contribution < 1.29 is 17.9 Å². The van der Waals surface area contributed by atoms with E-state index in [0.29, 0.717) is 19.1 Å². The third-order valence-corrected chi connectivity index (χ3v) is 3.06.